The van der Waals surface area contributed by atoms with E-state index in [4.69, 9.17) is 28.4 Å². The fraction of sp³-hybridized carbons (Fsp3) is 0.455. The molecular formula is C22H28O6. The molecule has 1 aliphatic rings. The van der Waals surface area contributed by atoms with Crippen molar-refractivity contribution >= 4 is 0 Å². The minimum Gasteiger partial charge on any atom is -0.493 e. The molecule has 0 heterocycles. The van der Waals surface area contributed by atoms with Crippen molar-refractivity contribution in [3.63, 3.8) is 0 Å². The molecule has 2 atom stereocenters. The maximum atomic E-state index is 5.71. The van der Waals surface area contributed by atoms with Gasteiger partial charge >= 0.3 is 0 Å². The lowest BCUT2D eigenvalue weighted by Crippen LogP contribution is -2.23. The zero-order valence-corrected chi connectivity index (χ0v) is 17.3. The Kier molecular flexibility index (Phi) is 6.07. The summed E-state index contributed by atoms with van der Waals surface area (Å²) in [5.74, 6) is 4.54. The highest BCUT2D eigenvalue weighted by molar-refractivity contribution is 5.61. The molecule has 0 spiro atoms. The maximum Gasteiger partial charge on any atom is 0.203 e. The van der Waals surface area contributed by atoms with E-state index in [0.29, 0.717) is 23.0 Å². The Morgan fingerprint density at radius 2 is 0.857 bits per heavy atom. The van der Waals surface area contributed by atoms with Gasteiger partial charge in [-0.05, 0) is 36.8 Å². The Morgan fingerprint density at radius 3 is 1.11 bits per heavy atom. The van der Waals surface area contributed by atoms with Gasteiger partial charge in [-0.25, -0.2) is 0 Å². The molecule has 0 aromatic heterocycles. The minimum atomic E-state index is 0.279. The topological polar surface area (TPSA) is 55.4 Å². The van der Waals surface area contributed by atoms with E-state index in [1.54, 1.807) is 42.7 Å². The van der Waals surface area contributed by atoms with E-state index < -0.39 is 0 Å². The van der Waals surface area contributed by atoms with Gasteiger partial charge in [0.15, 0.2) is 23.0 Å². The molecule has 2 aromatic carbocycles. The summed E-state index contributed by atoms with van der Waals surface area (Å²) in [4.78, 5) is 0. The standard InChI is InChI=1S/C22H28O6/c1-23-17-11-9-15(19(25-3)21(17)27-5)13-7-8-14(13)16-10-12-18(24-2)22(28-6)20(16)26-4/h9-14H,7-8H2,1-6H3/t13-,14+. The molecular weight excluding hydrogens is 360 g/mol. The van der Waals surface area contributed by atoms with E-state index in [1.807, 2.05) is 12.1 Å². The average Bonchev–Trinajstić information content (AvgIpc) is 2.71. The second-order valence-corrected chi connectivity index (χ2v) is 6.64. The summed E-state index contributed by atoms with van der Waals surface area (Å²) < 4.78 is 33.4. The lowest BCUT2D eigenvalue weighted by atomic mass is 9.66. The second-order valence-electron chi connectivity index (χ2n) is 6.64. The fourth-order valence-corrected chi connectivity index (χ4v) is 4.08. The Balaban J connectivity index is 2.05. The summed E-state index contributed by atoms with van der Waals surface area (Å²) in [6.45, 7) is 0. The quantitative estimate of drug-likeness (QED) is 0.668. The highest BCUT2D eigenvalue weighted by Crippen LogP contribution is 2.57. The van der Waals surface area contributed by atoms with E-state index in [2.05, 4.69) is 12.1 Å². The Labute approximate surface area is 166 Å². The molecule has 1 fully saturated rings. The molecule has 0 unspecified atom stereocenters. The molecule has 152 valence electrons. The smallest absolute Gasteiger partial charge is 0.203 e. The zero-order chi connectivity index (χ0) is 20.3. The predicted octanol–water partition coefficient (Wildman–Crippen LogP) is 4.40. The van der Waals surface area contributed by atoms with Crippen LogP contribution in [0.5, 0.6) is 34.5 Å². The van der Waals surface area contributed by atoms with Gasteiger partial charge in [0.05, 0.1) is 42.7 Å². The molecule has 28 heavy (non-hydrogen) atoms. The molecule has 1 saturated carbocycles. The van der Waals surface area contributed by atoms with Crippen LogP contribution in [-0.2, 0) is 0 Å². The van der Waals surface area contributed by atoms with E-state index in [1.165, 1.54) is 0 Å². The number of hydrogen-bond acceptors (Lipinski definition) is 6. The summed E-state index contributed by atoms with van der Waals surface area (Å²) in [5, 5.41) is 0. The molecule has 0 N–H and O–H groups in total. The number of methoxy groups -OCH3 is 6. The fourth-order valence-electron chi connectivity index (χ4n) is 4.08. The van der Waals surface area contributed by atoms with Gasteiger partial charge in [-0.2, -0.15) is 0 Å². The molecule has 6 nitrogen and oxygen atoms in total. The number of ether oxygens (including phenoxy) is 6. The van der Waals surface area contributed by atoms with Crippen LogP contribution < -0.4 is 28.4 Å². The molecule has 2 aromatic rings. The number of hydrogen-bond donors (Lipinski definition) is 0. The summed E-state index contributed by atoms with van der Waals surface area (Å²) >= 11 is 0. The molecule has 0 aliphatic heterocycles. The van der Waals surface area contributed by atoms with Crippen LogP contribution in [0.4, 0.5) is 0 Å². The van der Waals surface area contributed by atoms with Crippen LogP contribution in [0.1, 0.15) is 35.8 Å². The van der Waals surface area contributed by atoms with E-state index in [9.17, 15) is 0 Å². The first-order valence-electron chi connectivity index (χ1n) is 9.22. The highest BCUT2D eigenvalue weighted by atomic mass is 16.5. The third kappa shape index (κ3) is 3.17. The monoisotopic (exact) mass is 388 g/mol. The first-order chi connectivity index (χ1) is 13.6. The molecule has 0 bridgehead atoms. The van der Waals surface area contributed by atoms with Gasteiger partial charge in [0.25, 0.3) is 0 Å². The lowest BCUT2D eigenvalue weighted by Gasteiger charge is -2.39. The van der Waals surface area contributed by atoms with Crippen molar-refractivity contribution in [1.82, 2.24) is 0 Å². The maximum absolute atomic E-state index is 5.71. The van der Waals surface area contributed by atoms with Crippen LogP contribution in [0, 0.1) is 0 Å². The van der Waals surface area contributed by atoms with Crippen molar-refractivity contribution in [2.75, 3.05) is 42.7 Å². The van der Waals surface area contributed by atoms with Gasteiger partial charge < -0.3 is 28.4 Å². The zero-order valence-electron chi connectivity index (χ0n) is 17.3. The Morgan fingerprint density at radius 1 is 0.500 bits per heavy atom. The van der Waals surface area contributed by atoms with Crippen molar-refractivity contribution in [2.24, 2.45) is 0 Å². The van der Waals surface area contributed by atoms with Crippen LogP contribution in [0.2, 0.25) is 0 Å². The molecule has 0 radical (unpaired) electrons. The molecule has 6 heteroatoms. The molecule has 0 amide bonds. The van der Waals surface area contributed by atoms with Gasteiger partial charge in [0, 0.05) is 11.1 Å². The summed E-state index contributed by atoms with van der Waals surface area (Å²) in [5.41, 5.74) is 2.21. The first-order valence-corrected chi connectivity index (χ1v) is 9.22. The SMILES string of the molecule is COc1ccc([C@H]2CC[C@H]2c2ccc(OC)c(OC)c2OC)c(OC)c1OC. The van der Waals surface area contributed by atoms with Crippen molar-refractivity contribution in [3.8, 4) is 34.5 Å². The summed E-state index contributed by atoms with van der Waals surface area (Å²) in [6, 6.07) is 7.98. The van der Waals surface area contributed by atoms with Crippen LogP contribution in [0.3, 0.4) is 0 Å². The number of rotatable bonds is 8. The van der Waals surface area contributed by atoms with Crippen molar-refractivity contribution < 1.29 is 28.4 Å². The first kappa shape index (κ1) is 20.0. The average molecular weight is 388 g/mol. The van der Waals surface area contributed by atoms with Crippen LogP contribution in [0.15, 0.2) is 24.3 Å². The Bertz CT molecular complexity index is 763. The molecule has 1 aliphatic carbocycles. The van der Waals surface area contributed by atoms with E-state index >= 15 is 0 Å². The van der Waals surface area contributed by atoms with Gasteiger partial charge in [-0.3, -0.25) is 0 Å². The van der Waals surface area contributed by atoms with E-state index in [0.717, 1.165) is 35.5 Å². The summed E-state index contributed by atoms with van der Waals surface area (Å²) in [6.07, 6.45) is 2.10. The van der Waals surface area contributed by atoms with Gasteiger partial charge in [-0.15, -0.1) is 0 Å². The summed E-state index contributed by atoms with van der Waals surface area (Å²) in [7, 11) is 9.81. The van der Waals surface area contributed by atoms with Crippen molar-refractivity contribution in [1.29, 1.82) is 0 Å². The lowest BCUT2D eigenvalue weighted by molar-refractivity contribution is 0.289. The van der Waals surface area contributed by atoms with Gasteiger partial charge in [0.2, 0.25) is 11.5 Å². The third-order valence-corrected chi connectivity index (χ3v) is 5.54. The van der Waals surface area contributed by atoms with Gasteiger partial charge in [0.1, 0.15) is 0 Å². The predicted molar refractivity (Wildman–Crippen MR) is 107 cm³/mol. The van der Waals surface area contributed by atoms with Gasteiger partial charge in [-0.1, -0.05) is 12.1 Å². The largest absolute Gasteiger partial charge is 0.493 e. The van der Waals surface area contributed by atoms with Crippen molar-refractivity contribution in [3.05, 3.63) is 35.4 Å². The second kappa shape index (κ2) is 8.50. The highest BCUT2D eigenvalue weighted by Gasteiger charge is 2.39. The minimum absolute atomic E-state index is 0.279. The third-order valence-electron chi connectivity index (χ3n) is 5.54. The Hall–Kier alpha value is -2.76. The normalized spacial score (nSPS) is 18.1. The molecule has 0 saturated heterocycles. The van der Waals surface area contributed by atoms with Crippen LogP contribution >= 0.6 is 0 Å². The van der Waals surface area contributed by atoms with Crippen molar-refractivity contribution in [2.45, 2.75) is 24.7 Å². The van der Waals surface area contributed by atoms with E-state index in [-0.39, 0.29) is 11.8 Å². The van der Waals surface area contributed by atoms with Crippen LogP contribution in [-0.4, -0.2) is 42.7 Å². The molecule has 3 rings (SSSR count). The number of benzene rings is 2. The van der Waals surface area contributed by atoms with Crippen LogP contribution in [0.25, 0.3) is 0 Å².